The van der Waals surface area contributed by atoms with Crippen LogP contribution in [-0.4, -0.2) is 40.1 Å². The number of aromatic nitrogens is 2. The van der Waals surface area contributed by atoms with Crippen LogP contribution in [0.1, 0.15) is 33.6 Å². The van der Waals surface area contributed by atoms with E-state index in [1.54, 1.807) is 0 Å². The summed E-state index contributed by atoms with van der Waals surface area (Å²) in [7, 11) is 2.05. The summed E-state index contributed by atoms with van der Waals surface area (Å²) in [4.78, 5) is 7.24. The lowest BCUT2D eigenvalue weighted by Gasteiger charge is -2.20. The van der Waals surface area contributed by atoms with E-state index in [4.69, 9.17) is 4.98 Å². The topological polar surface area (TPSA) is 33.1 Å². The number of anilines is 1. The number of hydrogen-bond acceptors (Lipinski definition) is 3. The van der Waals surface area contributed by atoms with Gasteiger partial charge in [-0.3, -0.25) is 0 Å². The summed E-state index contributed by atoms with van der Waals surface area (Å²) in [6, 6.07) is 11.2. The summed E-state index contributed by atoms with van der Waals surface area (Å²) >= 11 is 0. The lowest BCUT2D eigenvalue weighted by molar-refractivity contribution is 0.295. The van der Waals surface area contributed by atoms with Crippen molar-refractivity contribution in [2.24, 2.45) is 7.05 Å². The first-order chi connectivity index (χ1) is 12.1. The molecular formula is C21H30N4. The van der Waals surface area contributed by atoms with Crippen LogP contribution < -0.4 is 5.32 Å². The van der Waals surface area contributed by atoms with Crippen LogP contribution in [0.4, 0.5) is 5.69 Å². The van der Waals surface area contributed by atoms with Gasteiger partial charge in [-0.25, -0.2) is 4.98 Å². The molecule has 1 aromatic rings. The highest BCUT2D eigenvalue weighted by Gasteiger charge is 2.14. The maximum absolute atomic E-state index is 4.75. The lowest BCUT2D eigenvalue weighted by Crippen LogP contribution is -2.25. The molecule has 1 N–H and O–H groups in total. The fourth-order valence-electron chi connectivity index (χ4n) is 3.52. The fourth-order valence-corrected chi connectivity index (χ4v) is 3.52. The number of nitrogens with zero attached hydrogens (tertiary/aromatic N) is 3. The average Bonchev–Trinajstić information content (AvgIpc) is 2.98. The number of pyridine rings is 1. The summed E-state index contributed by atoms with van der Waals surface area (Å²) in [5.74, 6) is 1.04. The van der Waals surface area contributed by atoms with Crippen molar-refractivity contribution in [3.63, 3.8) is 0 Å². The van der Waals surface area contributed by atoms with E-state index in [9.17, 15) is 0 Å². The third-order valence-corrected chi connectivity index (χ3v) is 5.08. The summed E-state index contributed by atoms with van der Waals surface area (Å²) in [5.41, 5.74) is 3.47. The van der Waals surface area contributed by atoms with Gasteiger partial charge in [0, 0.05) is 35.9 Å². The van der Waals surface area contributed by atoms with Crippen molar-refractivity contribution in [2.45, 2.75) is 39.7 Å². The number of rotatable bonds is 8. The molecule has 4 heteroatoms. The van der Waals surface area contributed by atoms with E-state index in [1.807, 2.05) is 13.2 Å². The molecule has 3 rings (SSSR count). The minimum atomic E-state index is 0.471. The molecule has 1 unspecified atom stereocenters. The molecule has 25 heavy (non-hydrogen) atoms. The van der Waals surface area contributed by atoms with Crippen molar-refractivity contribution < 1.29 is 0 Å². The highest BCUT2D eigenvalue weighted by atomic mass is 15.1. The molecule has 2 heterocycles. The van der Waals surface area contributed by atoms with Crippen LogP contribution in [0.5, 0.6) is 0 Å². The fraction of sp³-hybridized carbons (Fsp3) is 0.476. The molecule has 0 spiro atoms. The van der Waals surface area contributed by atoms with Gasteiger partial charge in [-0.2, -0.15) is 0 Å². The molecule has 134 valence electrons. The smallest absolute Gasteiger partial charge is 0.140 e. The van der Waals surface area contributed by atoms with Gasteiger partial charge in [0.15, 0.2) is 0 Å². The molecular weight excluding hydrogens is 308 g/mol. The Morgan fingerprint density at radius 2 is 2.00 bits per heavy atom. The molecule has 0 aliphatic carbocycles. The Labute approximate surface area is 151 Å². The molecule has 2 aliphatic rings. The molecule has 1 atom stereocenters. The Balaban J connectivity index is 1.67. The first-order valence-electron chi connectivity index (χ1n) is 9.46. The minimum Gasteiger partial charge on any atom is -0.383 e. The van der Waals surface area contributed by atoms with Gasteiger partial charge in [0.25, 0.3) is 0 Å². The van der Waals surface area contributed by atoms with Crippen LogP contribution in [-0.2, 0) is 7.05 Å². The van der Waals surface area contributed by atoms with E-state index in [0.29, 0.717) is 6.04 Å². The van der Waals surface area contributed by atoms with Gasteiger partial charge >= 0.3 is 0 Å². The van der Waals surface area contributed by atoms with Gasteiger partial charge in [-0.1, -0.05) is 13.8 Å². The Kier molecular flexibility index (Phi) is 5.59. The molecule has 1 aromatic carbocycles. The summed E-state index contributed by atoms with van der Waals surface area (Å²) < 4.78 is 2.08. The van der Waals surface area contributed by atoms with Crippen molar-refractivity contribution in [3.05, 3.63) is 36.5 Å². The van der Waals surface area contributed by atoms with Crippen LogP contribution in [0.25, 0.3) is 22.3 Å². The third kappa shape index (κ3) is 3.96. The highest BCUT2D eigenvalue weighted by Crippen LogP contribution is 2.32. The van der Waals surface area contributed by atoms with Crippen LogP contribution >= 0.6 is 0 Å². The zero-order valence-corrected chi connectivity index (χ0v) is 15.9. The maximum Gasteiger partial charge on any atom is 0.140 e. The van der Waals surface area contributed by atoms with Crippen molar-refractivity contribution in [3.8, 4) is 11.4 Å². The Bertz CT molecular complexity index is 788. The maximum atomic E-state index is 4.75. The molecule has 4 nitrogen and oxygen atoms in total. The Morgan fingerprint density at radius 1 is 1.20 bits per heavy atom. The first kappa shape index (κ1) is 17.7. The van der Waals surface area contributed by atoms with Crippen molar-refractivity contribution in [1.29, 1.82) is 0 Å². The third-order valence-electron chi connectivity index (χ3n) is 5.08. The van der Waals surface area contributed by atoms with Crippen LogP contribution in [0.3, 0.4) is 0 Å². The second kappa shape index (κ2) is 7.87. The van der Waals surface area contributed by atoms with Gasteiger partial charge < -0.3 is 14.8 Å². The number of nitrogens with one attached hydrogen (secondary N) is 1. The largest absolute Gasteiger partial charge is 0.383 e. The standard InChI is InChI=1S/C21H30N4/c1-5-25(6-2)14-7-9-16(3)22-17-11-12-20-19(15-17)18-10-8-13-24(4)21(18)23-20/h8,10-13,15-16,22H,5-7,9,14H2,1-4H3. The molecule has 0 saturated carbocycles. The van der Waals surface area contributed by atoms with Crippen molar-refractivity contribution in [1.82, 2.24) is 14.5 Å². The van der Waals surface area contributed by atoms with Gasteiger partial charge in [0.1, 0.15) is 5.82 Å². The molecule has 0 fully saturated rings. The zero-order valence-electron chi connectivity index (χ0n) is 15.9. The highest BCUT2D eigenvalue weighted by molar-refractivity contribution is 5.98. The van der Waals surface area contributed by atoms with E-state index in [1.165, 1.54) is 36.0 Å². The normalized spacial score (nSPS) is 13.0. The number of hydrogen-bond donors (Lipinski definition) is 1. The summed E-state index contributed by atoms with van der Waals surface area (Å²) in [6.45, 7) is 10.2. The van der Waals surface area contributed by atoms with Crippen LogP contribution in [0.2, 0.25) is 0 Å². The molecule has 0 aromatic heterocycles. The average molecular weight is 338 g/mol. The Hall–Kier alpha value is -2.07. The molecule has 2 aliphatic heterocycles. The predicted octanol–water partition coefficient (Wildman–Crippen LogP) is 4.60. The molecule has 0 amide bonds. The van der Waals surface area contributed by atoms with Crippen molar-refractivity contribution >= 4 is 16.6 Å². The van der Waals surface area contributed by atoms with Crippen LogP contribution in [0, 0.1) is 0 Å². The second-order valence-electron chi connectivity index (χ2n) is 6.91. The van der Waals surface area contributed by atoms with Crippen LogP contribution in [0.15, 0.2) is 36.5 Å². The van der Waals surface area contributed by atoms with Gasteiger partial charge in [0.2, 0.25) is 0 Å². The first-order valence-corrected chi connectivity index (χ1v) is 9.46. The molecule has 0 saturated heterocycles. The van der Waals surface area contributed by atoms with E-state index < -0.39 is 0 Å². The minimum absolute atomic E-state index is 0.471. The number of aryl methyl sites for hydroxylation is 1. The zero-order chi connectivity index (χ0) is 17.8. The number of benzene rings is 1. The van der Waals surface area contributed by atoms with E-state index >= 15 is 0 Å². The van der Waals surface area contributed by atoms with E-state index in [-0.39, 0.29) is 0 Å². The SMILES string of the molecule is CCN(CC)CCCC(C)Nc1ccc2nc3n(C)cccc-3c2c1. The predicted molar refractivity (Wildman–Crippen MR) is 107 cm³/mol. The summed E-state index contributed by atoms with van der Waals surface area (Å²) in [5, 5.41) is 4.89. The monoisotopic (exact) mass is 338 g/mol. The quantitative estimate of drug-likeness (QED) is 0.651. The summed E-state index contributed by atoms with van der Waals surface area (Å²) in [6.07, 6.45) is 4.46. The van der Waals surface area contributed by atoms with Gasteiger partial charge in [0.05, 0.1) is 5.52 Å². The van der Waals surface area contributed by atoms with E-state index in [2.05, 4.69) is 65.9 Å². The van der Waals surface area contributed by atoms with Gasteiger partial charge in [-0.15, -0.1) is 0 Å². The van der Waals surface area contributed by atoms with Crippen molar-refractivity contribution in [2.75, 3.05) is 25.0 Å². The second-order valence-corrected chi connectivity index (χ2v) is 6.91. The molecule has 0 bridgehead atoms. The van der Waals surface area contributed by atoms with Gasteiger partial charge in [-0.05, 0) is 69.7 Å². The Morgan fingerprint density at radius 3 is 2.76 bits per heavy atom. The molecule has 0 radical (unpaired) electrons. The number of fused-ring (bicyclic) bond motifs is 3. The lowest BCUT2D eigenvalue weighted by atomic mass is 10.1. The van der Waals surface area contributed by atoms with E-state index in [0.717, 1.165) is 24.4 Å².